The molecule has 5 heteroatoms. The normalized spacial score (nSPS) is 21.8. The molecule has 1 fully saturated rings. The number of methoxy groups -OCH3 is 1. The third-order valence-electron chi connectivity index (χ3n) is 6.62. The van der Waals surface area contributed by atoms with E-state index in [4.69, 9.17) is 4.74 Å². The van der Waals surface area contributed by atoms with E-state index in [0.717, 1.165) is 29.7 Å². The van der Waals surface area contributed by atoms with Gasteiger partial charge in [-0.1, -0.05) is 48.5 Å². The van der Waals surface area contributed by atoms with Crippen LogP contribution in [0.1, 0.15) is 30.4 Å². The van der Waals surface area contributed by atoms with Crippen LogP contribution in [0.2, 0.25) is 0 Å². The van der Waals surface area contributed by atoms with Crippen molar-refractivity contribution in [2.45, 2.75) is 36.6 Å². The number of hydrogen-bond acceptors (Lipinski definition) is 3. The van der Waals surface area contributed by atoms with E-state index in [1.807, 2.05) is 66.5 Å². The molecular weight excluding hydrogens is 364 g/mol. The van der Waals surface area contributed by atoms with Crippen molar-refractivity contribution in [3.8, 4) is 0 Å². The molecule has 29 heavy (non-hydrogen) atoms. The smallest absolute Gasteiger partial charge is 0.238 e. The molecule has 0 aromatic heterocycles. The number of para-hydroxylation sites is 1. The number of rotatable bonds is 7. The number of benzene rings is 2. The van der Waals surface area contributed by atoms with Crippen molar-refractivity contribution in [2.75, 3.05) is 32.7 Å². The van der Waals surface area contributed by atoms with E-state index in [2.05, 4.69) is 0 Å². The summed E-state index contributed by atoms with van der Waals surface area (Å²) in [6, 6.07) is 17.8. The van der Waals surface area contributed by atoms with Crippen LogP contribution in [0.5, 0.6) is 0 Å². The Labute approximate surface area is 172 Å². The van der Waals surface area contributed by atoms with Crippen molar-refractivity contribution < 1.29 is 14.3 Å². The van der Waals surface area contributed by atoms with Crippen LogP contribution in [-0.4, -0.2) is 50.1 Å². The SMILES string of the molecule is COCC1(N(C)C(=O)C[C@@]2(Cc3ccccc3)C(=O)N(C)c3ccccc32)CC1. The summed E-state index contributed by atoms with van der Waals surface area (Å²) in [4.78, 5) is 30.5. The molecule has 1 aliphatic carbocycles. The van der Waals surface area contributed by atoms with E-state index < -0.39 is 5.41 Å². The fourth-order valence-electron chi connectivity index (χ4n) is 4.70. The molecule has 5 nitrogen and oxygen atoms in total. The first-order valence-corrected chi connectivity index (χ1v) is 10.1. The first-order valence-electron chi connectivity index (χ1n) is 10.1. The molecule has 1 heterocycles. The van der Waals surface area contributed by atoms with Crippen LogP contribution in [0, 0.1) is 0 Å². The van der Waals surface area contributed by atoms with Gasteiger partial charge >= 0.3 is 0 Å². The molecule has 0 radical (unpaired) electrons. The van der Waals surface area contributed by atoms with E-state index in [-0.39, 0.29) is 23.8 Å². The maximum atomic E-state index is 13.6. The lowest BCUT2D eigenvalue weighted by Gasteiger charge is -2.33. The summed E-state index contributed by atoms with van der Waals surface area (Å²) in [6.45, 7) is 0.533. The van der Waals surface area contributed by atoms with E-state index in [1.165, 1.54) is 0 Å². The molecule has 1 aliphatic heterocycles. The first kappa shape index (κ1) is 19.6. The van der Waals surface area contributed by atoms with Crippen LogP contribution in [0.25, 0.3) is 0 Å². The Kier molecular flexibility index (Phi) is 4.95. The molecule has 0 unspecified atom stereocenters. The fraction of sp³-hybridized carbons (Fsp3) is 0.417. The predicted molar refractivity (Wildman–Crippen MR) is 113 cm³/mol. The Hall–Kier alpha value is -2.66. The molecule has 0 saturated heterocycles. The number of likely N-dealkylation sites (N-methyl/N-ethyl adjacent to an activating group) is 2. The molecule has 0 N–H and O–H groups in total. The van der Waals surface area contributed by atoms with Gasteiger partial charge in [0.05, 0.1) is 17.6 Å². The molecule has 2 aromatic carbocycles. The zero-order valence-corrected chi connectivity index (χ0v) is 17.4. The Balaban J connectivity index is 1.72. The maximum Gasteiger partial charge on any atom is 0.238 e. The highest BCUT2D eigenvalue weighted by Gasteiger charge is 2.54. The molecule has 4 rings (SSSR count). The summed E-state index contributed by atoms with van der Waals surface area (Å²) in [6.07, 6.45) is 2.55. The highest BCUT2D eigenvalue weighted by molar-refractivity contribution is 6.10. The lowest BCUT2D eigenvalue weighted by molar-refractivity contribution is -0.138. The zero-order valence-electron chi connectivity index (χ0n) is 17.4. The van der Waals surface area contributed by atoms with Gasteiger partial charge in [0.2, 0.25) is 11.8 Å². The third kappa shape index (κ3) is 3.23. The monoisotopic (exact) mass is 392 g/mol. The minimum absolute atomic E-state index is 0.00562. The standard InChI is InChI=1S/C24H28N2O3/c1-25-20-12-8-7-11-19(20)24(22(25)28,15-18-9-5-4-6-10-18)16-21(27)26(2)23(13-14-23)17-29-3/h4-12H,13-17H2,1-3H3/t24-/m1/s1. The third-order valence-corrected chi connectivity index (χ3v) is 6.62. The van der Waals surface area contributed by atoms with Crippen LogP contribution < -0.4 is 4.90 Å². The number of amides is 2. The molecule has 152 valence electrons. The van der Waals surface area contributed by atoms with Crippen LogP contribution in [0.15, 0.2) is 54.6 Å². The highest BCUT2D eigenvalue weighted by Crippen LogP contribution is 2.47. The van der Waals surface area contributed by atoms with Gasteiger partial charge < -0.3 is 14.5 Å². The Morgan fingerprint density at radius 1 is 1.10 bits per heavy atom. The number of ether oxygens (including phenoxy) is 1. The minimum atomic E-state index is -0.888. The van der Waals surface area contributed by atoms with E-state index in [1.54, 1.807) is 19.1 Å². The average Bonchev–Trinajstić information content (AvgIpc) is 3.49. The summed E-state index contributed by atoms with van der Waals surface area (Å²) < 4.78 is 5.36. The Morgan fingerprint density at radius 2 is 1.76 bits per heavy atom. The van der Waals surface area contributed by atoms with Crippen molar-refractivity contribution in [3.05, 3.63) is 65.7 Å². The number of anilines is 1. The minimum Gasteiger partial charge on any atom is -0.382 e. The molecule has 1 saturated carbocycles. The molecule has 2 aromatic rings. The molecule has 0 spiro atoms. The Bertz CT molecular complexity index is 923. The number of nitrogens with zero attached hydrogens (tertiary/aromatic N) is 2. The van der Waals surface area contributed by atoms with Gasteiger partial charge in [-0.05, 0) is 36.5 Å². The van der Waals surface area contributed by atoms with Crippen LogP contribution in [-0.2, 0) is 26.2 Å². The summed E-state index contributed by atoms with van der Waals surface area (Å²) >= 11 is 0. The number of carbonyl (C=O) groups is 2. The van der Waals surface area contributed by atoms with Crippen molar-refractivity contribution in [1.82, 2.24) is 4.90 Å². The summed E-state index contributed by atoms with van der Waals surface area (Å²) in [5, 5.41) is 0. The van der Waals surface area contributed by atoms with Gasteiger partial charge in [0.15, 0.2) is 0 Å². The Morgan fingerprint density at radius 3 is 2.41 bits per heavy atom. The van der Waals surface area contributed by atoms with Gasteiger partial charge in [0.25, 0.3) is 0 Å². The topological polar surface area (TPSA) is 49.9 Å². The number of fused-ring (bicyclic) bond motifs is 1. The largest absolute Gasteiger partial charge is 0.382 e. The van der Waals surface area contributed by atoms with Crippen molar-refractivity contribution in [1.29, 1.82) is 0 Å². The maximum absolute atomic E-state index is 13.6. The van der Waals surface area contributed by atoms with E-state index >= 15 is 0 Å². The first-order chi connectivity index (χ1) is 13.9. The van der Waals surface area contributed by atoms with E-state index in [0.29, 0.717) is 13.0 Å². The summed E-state index contributed by atoms with van der Waals surface area (Å²) in [5.41, 5.74) is 1.78. The fourth-order valence-corrected chi connectivity index (χ4v) is 4.70. The van der Waals surface area contributed by atoms with Crippen LogP contribution >= 0.6 is 0 Å². The molecule has 2 aliphatic rings. The van der Waals surface area contributed by atoms with Gasteiger partial charge in [-0.15, -0.1) is 0 Å². The molecule has 0 bridgehead atoms. The van der Waals surface area contributed by atoms with Gasteiger partial charge in [-0.25, -0.2) is 0 Å². The highest BCUT2D eigenvalue weighted by atomic mass is 16.5. The number of carbonyl (C=O) groups excluding carboxylic acids is 2. The van der Waals surface area contributed by atoms with Crippen LogP contribution in [0.4, 0.5) is 5.69 Å². The van der Waals surface area contributed by atoms with Gasteiger partial charge in [0, 0.05) is 33.3 Å². The van der Waals surface area contributed by atoms with Gasteiger partial charge in [-0.3, -0.25) is 9.59 Å². The second-order valence-corrected chi connectivity index (χ2v) is 8.41. The average molecular weight is 392 g/mol. The van der Waals surface area contributed by atoms with Crippen LogP contribution in [0.3, 0.4) is 0 Å². The molecule has 2 amide bonds. The lowest BCUT2D eigenvalue weighted by Crippen LogP contribution is -2.48. The molecular formula is C24H28N2O3. The molecule has 1 atom stereocenters. The lowest BCUT2D eigenvalue weighted by atomic mass is 9.73. The van der Waals surface area contributed by atoms with Gasteiger partial charge in [0.1, 0.15) is 0 Å². The number of hydrogen-bond donors (Lipinski definition) is 0. The summed E-state index contributed by atoms with van der Waals surface area (Å²) in [5.74, 6) is -0.0187. The van der Waals surface area contributed by atoms with Crippen molar-refractivity contribution >= 4 is 17.5 Å². The summed E-state index contributed by atoms with van der Waals surface area (Å²) in [7, 11) is 5.32. The van der Waals surface area contributed by atoms with Crippen molar-refractivity contribution in [2.24, 2.45) is 0 Å². The second kappa shape index (κ2) is 7.30. The van der Waals surface area contributed by atoms with Gasteiger partial charge in [-0.2, -0.15) is 0 Å². The second-order valence-electron chi connectivity index (χ2n) is 8.41. The van der Waals surface area contributed by atoms with Crippen molar-refractivity contribution in [3.63, 3.8) is 0 Å². The quantitative estimate of drug-likeness (QED) is 0.727. The predicted octanol–water partition coefficient (Wildman–Crippen LogP) is 3.17. The zero-order chi connectivity index (χ0) is 20.6. The van der Waals surface area contributed by atoms with E-state index in [9.17, 15) is 9.59 Å².